The van der Waals surface area contributed by atoms with Gasteiger partial charge in [-0.2, -0.15) is 0 Å². The minimum Gasteiger partial charge on any atom is -0.359 e. The molecule has 0 saturated carbocycles. The van der Waals surface area contributed by atoms with E-state index in [0.29, 0.717) is 47.2 Å². The predicted molar refractivity (Wildman–Crippen MR) is 154 cm³/mol. The van der Waals surface area contributed by atoms with Crippen LogP contribution < -0.4 is 16.0 Å². The van der Waals surface area contributed by atoms with Crippen molar-refractivity contribution in [2.24, 2.45) is 5.92 Å². The average Bonchev–Trinajstić information content (AvgIpc) is 3.53. The van der Waals surface area contributed by atoms with E-state index in [1.54, 1.807) is 47.5 Å². The van der Waals surface area contributed by atoms with Crippen molar-refractivity contribution >= 4 is 80.0 Å². The number of hydrogen-bond donors (Lipinski definition) is 4. The highest BCUT2D eigenvalue weighted by atomic mass is 127. The number of H-pyrrole nitrogens is 1. The number of nitrogens with zero attached hydrogens (tertiary/aromatic N) is 1. The summed E-state index contributed by atoms with van der Waals surface area (Å²) >= 11 is 8.22. The van der Waals surface area contributed by atoms with Crippen molar-refractivity contribution in [2.75, 3.05) is 29.0 Å². The summed E-state index contributed by atoms with van der Waals surface area (Å²) in [5.41, 5.74) is 3.33. The zero-order valence-corrected chi connectivity index (χ0v) is 22.5. The van der Waals surface area contributed by atoms with Crippen LogP contribution in [-0.4, -0.2) is 40.8 Å². The molecule has 0 spiro atoms. The molecule has 37 heavy (non-hydrogen) atoms. The minimum atomic E-state index is -0.401. The molecule has 4 amide bonds. The van der Waals surface area contributed by atoms with Gasteiger partial charge in [-0.15, -0.1) is 0 Å². The lowest BCUT2D eigenvalue weighted by Gasteiger charge is -2.17. The van der Waals surface area contributed by atoms with Gasteiger partial charge in [-0.1, -0.05) is 23.7 Å². The average molecular weight is 628 g/mol. The third-order valence-corrected chi connectivity index (χ3v) is 7.43. The Morgan fingerprint density at radius 3 is 2.43 bits per heavy atom. The highest BCUT2D eigenvalue weighted by molar-refractivity contribution is 14.1. The maximum absolute atomic E-state index is 12.8. The van der Waals surface area contributed by atoms with E-state index in [1.165, 1.54) is 0 Å². The molecule has 0 aliphatic carbocycles. The molecule has 2 heterocycles. The monoisotopic (exact) mass is 627 g/mol. The number of anilines is 3. The van der Waals surface area contributed by atoms with Crippen LogP contribution in [0, 0.1) is 9.49 Å². The molecule has 4 N–H and O–H groups in total. The van der Waals surface area contributed by atoms with Gasteiger partial charge in [0, 0.05) is 50.2 Å². The smallest absolute Gasteiger partial charge is 0.323 e. The van der Waals surface area contributed by atoms with Crippen molar-refractivity contribution in [3.63, 3.8) is 0 Å². The van der Waals surface area contributed by atoms with E-state index in [-0.39, 0.29) is 17.7 Å². The van der Waals surface area contributed by atoms with Gasteiger partial charge in [0.15, 0.2) is 0 Å². The van der Waals surface area contributed by atoms with Crippen LogP contribution >= 0.6 is 34.2 Å². The number of fused-ring (bicyclic) bond motifs is 1. The summed E-state index contributed by atoms with van der Waals surface area (Å²) in [7, 11) is 0. The normalized spacial score (nSPS) is 15.0. The molecule has 4 aromatic rings. The van der Waals surface area contributed by atoms with Gasteiger partial charge in [-0.05, 0) is 83.6 Å². The number of halogens is 2. The van der Waals surface area contributed by atoms with Gasteiger partial charge in [0.1, 0.15) is 0 Å². The minimum absolute atomic E-state index is 0.0512. The van der Waals surface area contributed by atoms with E-state index in [2.05, 4.69) is 43.5 Å². The molecule has 3 aromatic carbocycles. The third-order valence-electron chi connectivity index (χ3n) is 6.25. The molecule has 0 bridgehead atoms. The van der Waals surface area contributed by atoms with E-state index < -0.39 is 6.03 Å². The Bertz CT molecular complexity index is 1490. The lowest BCUT2D eigenvalue weighted by molar-refractivity contribution is -0.119. The summed E-state index contributed by atoms with van der Waals surface area (Å²) in [4.78, 5) is 43.0. The Hall–Kier alpha value is -3.57. The molecule has 1 aromatic heterocycles. The molecule has 188 valence electrons. The number of likely N-dealkylation sites (tertiary alicyclic amines) is 1. The highest BCUT2D eigenvalue weighted by Gasteiger charge is 2.32. The Morgan fingerprint density at radius 1 is 0.946 bits per heavy atom. The van der Waals surface area contributed by atoms with Crippen molar-refractivity contribution in [1.82, 2.24) is 9.88 Å². The second-order valence-electron chi connectivity index (χ2n) is 8.75. The number of aromatic amines is 1. The fourth-order valence-electron chi connectivity index (χ4n) is 4.33. The first-order chi connectivity index (χ1) is 17.9. The van der Waals surface area contributed by atoms with Crippen LogP contribution in [0.1, 0.15) is 16.8 Å². The molecule has 1 saturated heterocycles. The number of nitrogens with one attached hydrogen (secondary N) is 4. The SMILES string of the molecule is O=C(Nc1ccc(NC(=O)C2CCN(C(=O)c3ccccc3I)C2)cc1)Nc1c[nH]c2ccc(Cl)cc12. The zero-order chi connectivity index (χ0) is 25.9. The Morgan fingerprint density at radius 2 is 1.68 bits per heavy atom. The number of hydrogen-bond acceptors (Lipinski definition) is 3. The molecule has 1 unspecified atom stereocenters. The number of rotatable bonds is 5. The summed E-state index contributed by atoms with van der Waals surface area (Å²) in [6, 6.07) is 19.3. The summed E-state index contributed by atoms with van der Waals surface area (Å²) in [5.74, 6) is -0.460. The topological polar surface area (TPSA) is 106 Å². The zero-order valence-electron chi connectivity index (χ0n) is 19.6. The molecule has 5 rings (SSSR count). The van der Waals surface area contributed by atoms with Crippen molar-refractivity contribution < 1.29 is 14.4 Å². The molecule has 1 fully saturated rings. The molecular weight excluding hydrogens is 605 g/mol. The van der Waals surface area contributed by atoms with Crippen molar-refractivity contribution in [3.05, 3.63) is 87.1 Å². The van der Waals surface area contributed by atoms with Crippen LogP contribution in [-0.2, 0) is 4.79 Å². The summed E-state index contributed by atoms with van der Waals surface area (Å²) in [5, 5.41) is 9.89. The largest absolute Gasteiger partial charge is 0.359 e. The molecule has 1 aliphatic heterocycles. The van der Waals surface area contributed by atoms with Crippen LogP contribution in [0.5, 0.6) is 0 Å². The molecule has 1 atom stereocenters. The van der Waals surface area contributed by atoms with E-state index in [0.717, 1.165) is 14.5 Å². The lowest BCUT2D eigenvalue weighted by atomic mass is 10.1. The van der Waals surface area contributed by atoms with Gasteiger partial charge < -0.3 is 25.8 Å². The fraction of sp³-hybridized carbons (Fsp3) is 0.148. The molecule has 1 aliphatic rings. The van der Waals surface area contributed by atoms with Gasteiger partial charge in [0.25, 0.3) is 5.91 Å². The van der Waals surface area contributed by atoms with E-state index in [1.807, 2.05) is 30.3 Å². The summed E-state index contributed by atoms with van der Waals surface area (Å²) < 4.78 is 0.895. The van der Waals surface area contributed by atoms with E-state index in [9.17, 15) is 14.4 Å². The van der Waals surface area contributed by atoms with E-state index >= 15 is 0 Å². The molecule has 0 radical (unpaired) electrons. The van der Waals surface area contributed by atoms with Crippen LogP contribution in [0.15, 0.2) is 72.9 Å². The Labute approximate surface area is 231 Å². The van der Waals surface area contributed by atoms with Crippen LogP contribution in [0.3, 0.4) is 0 Å². The number of urea groups is 1. The highest BCUT2D eigenvalue weighted by Crippen LogP contribution is 2.27. The second kappa shape index (κ2) is 10.8. The second-order valence-corrected chi connectivity index (χ2v) is 10.4. The standard InChI is InChI=1S/C27H23ClIN5O3/c28-17-5-10-23-21(13-17)24(14-30-23)33-27(37)32-19-8-6-18(7-9-19)31-25(35)16-11-12-34(15-16)26(36)20-3-1-2-4-22(20)29/h1-10,13-14,16,30H,11-12,15H2,(H,31,35)(H2,32,33,37). The maximum Gasteiger partial charge on any atom is 0.323 e. The summed E-state index contributed by atoms with van der Waals surface area (Å²) in [6.45, 7) is 0.928. The maximum atomic E-state index is 12.8. The number of amides is 4. The van der Waals surface area contributed by atoms with Gasteiger partial charge in [-0.3, -0.25) is 9.59 Å². The van der Waals surface area contributed by atoms with Gasteiger partial charge in [-0.25, -0.2) is 4.79 Å². The molecule has 8 nitrogen and oxygen atoms in total. The Kier molecular flexibility index (Phi) is 7.33. The number of benzene rings is 3. The Balaban J connectivity index is 1.14. The quantitative estimate of drug-likeness (QED) is 0.199. The summed E-state index contributed by atoms with van der Waals surface area (Å²) in [6.07, 6.45) is 2.32. The van der Waals surface area contributed by atoms with Gasteiger partial charge >= 0.3 is 6.03 Å². The third kappa shape index (κ3) is 5.72. The molecular formula is C27H23ClIN5O3. The van der Waals surface area contributed by atoms with Gasteiger partial charge in [0.05, 0.1) is 17.2 Å². The first-order valence-electron chi connectivity index (χ1n) is 11.7. The first kappa shape index (κ1) is 25.1. The molecule has 10 heteroatoms. The van der Waals surface area contributed by atoms with Crippen molar-refractivity contribution in [2.45, 2.75) is 6.42 Å². The van der Waals surface area contributed by atoms with E-state index in [4.69, 9.17) is 11.6 Å². The fourth-order valence-corrected chi connectivity index (χ4v) is 5.12. The van der Waals surface area contributed by atoms with Crippen molar-refractivity contribution in [3.8, 4) is 0 Å². The van der Waals surface area contributed by atoms with Crippen LogP contribution in [0.4, 0.5) is 21.9 Å². The number of carbonyl (C=O) groups excluding carboxylic acids is 3. The first-order valence-corrected chi connectivity index (χ1v) is 13.1. The predicted octanol–water partition coefficient (Wildman–Crippen LogP) is 6.17. The van der Waals surface area contributed by atoms with Crippen LogP contribution in [0.25, 0.3) is 10.9 Å². The number of aromatic nitrogens is 1. The van der Waals surface area contributed by atoms with Crippen molar-refractivity contribution in [1.29, 1.82) is 0 Å². The lowest BCUT2D eigenvalue weighted by Crippen LogP contribution is -2.31. The van der Waals surface area contributed by atoms with Crippen LogP contribution in [0.2, 0.25) is 5.02 Å². The van der Waals surface area contributed by atoms with Gasteiger partial charge in [0.2, 0.25) is 5.91 Å². The number of carbonyl (C=O) groups is 3.